The van der Waals surface area contributed by atoms with Crippen molar-refractivity contribution >= 4 is 17.2 Å². The Kier molecular flexibility index (Phi) is 4.92. The number of fused-ring (bicyclic) bond motifs is 1. The van der Waals surface area contributed by atoms with E-state index in [9.17, 15) is 0 Å². The highest BCUT2D eigenvalue weighted by Crippen LogP contribution is 2.41. The van der Waals surface area contributed by atoms with Crippen molar-refractivity contribution < 1.29 is 0 Å². The van der Waals surface area contributed by atoms with E-state index in [1.54, 1.807) is 0 Å². The lowest BCUT2D eigenvalue weighted by Gasteiger charge is -2.37. The van der Waals surface area contributed by atoms with Crippen LogP contribution < -0.4 is 0 Å². The van der Waals surface area contributed by atoms with Crippen LogP contribution in [0.4, 0.5) is 0 Å². The number of likely N-dealkylation sites (tertiary alicyclic amines) is 1. The Morgan fingerprint density at radius 2 is 1.79 bits per heavy atom. The van der Waals surface area contributed by atoms with E-state index in [1.807, 2.05) is 0 Å². The van der Waals surface area contributed by atoms with Crippen molar-refractivity contribution in [2.24, 2.45) is 23.7 Å². The standard InChI is InChI=1S/C17H31NS/c1-11(2)14-6-7-16-15(9-13(5)8-14)10-17(19)18(16)12(3)4/h11-16H,6-10H2,1-5H3. The highest BCUT2D eigenvalue weighted by molar-refractivity contribution is 7.80. The average molecular weight is 282 g/mol. The second kappa shape index (κ2) is 6.11. The van der Waals surface area contributed by atoms with Crippen LogP contribution in [-0.2, 0) is 0 Å². The van der Waals surface area contributed by atoms with E-state index in [0.29, 0.717) is 6.04 Å². The van der Waals surface area contributed by atoms with Gasteiger partial charge in [0.2, 0.25) is 0 Å². The molecule has 2 rings (SSSR count). The van der Waals surface area contributed by atoms with Gasteiger partial charge in [-0.2, -0.15) is 0 Å². The van der Waals surface area contributed by atoms with Crippen LogP contribution in [0.1, 0.15) is 66.7 Å². The number of nitrogens with zero attached hydrogens (tertiary/aromatic N) is 1. The molecule has 0 aromatic rings. The summed E-state index contributed by atoms with van der Waals surface area (Å²) in [4.78, 5) is 3.80. The summed E-state index contributed by atoms with van der Waals surface area (Å²) in [6.45, 7) is 11.9. The van der Waals surface area contributed by atoms with Gasteiger partial charge in [0.15, 0.2) is 0 Å². The molecule has 1 aliphatic carbocycles. The van der Waals surface area contributed by atoms with Gasteiger partial charge in [0.05, 0.1) is 4.99 Å². The van der Waals surface area contributed by atoms with Crippen molar-refractivity contribution in [3.63, 3.8) is 0 Å². The van der Waals surface area contributed by atoms with Crippen LogP contribution in [0, 0.1) is 23.7 Å². The SMILES string of the molecule is CC1CC(C(C)C)CCC2C(CC(=S)N2C(C)C)C1. The van der Waals surface area contributed by atoms with Crippen LogP contribution >= 0.6 is 12.2 Å². The molecule has 1 saturated heterocycles. The van der Waals surface area contributed by atoms with Crippen molar-refractivity contribution in [3.05, 3.63) is 0 Å². The second-order valence-corrected chi connectivity index (χ2v) is 8.06. The Bertz CT molecular complexity index is 323. The molecule has 4 atom stereocenters. The van der Waals surface area contributed by atoms with E-state index in [1.165, 1.54) is 37.1 Å². The Morgan fingerprint density at radius 1 is 1.11 bits per heavy atom. The maximum absolute atomic E-state index is 5.67. The first-order chi connectivity index (χ1) is 8.90. The van der Waals surface area contributed by atoms with E-state index < -0.39 is 0 Å². The molecule has 1 saturated carbocycles. The molecule has 0 radical (unpaired) electrons. The van der Waals surface area contributed by atoms with E-state index in [2.05, 4.69) is 39.5 Å². The van der Waals surface area contributed by atoms with E-state index in [-0.39, 0.29) is 0 Å². The third-order valence-electron chi connectivity index (χ3n) is 5.37. The minimum atomic E-state index is 0.578. The summed E-state index contributed by atoms with van der Waals surface area (Å²) in [5.41, 5.74) is 0. The molecule has 0 spiro atoms. The summed E-state index contributed by atoms with van der Waals surface area (Å²) < 4.78 is 0. The van der Waals surface area contributed by atoms with E-state index >= 15 is 0 Å². The molecule has 1 nitrogen and oxygen atoms in total. The van der Waals surface area contributed by atoms with E-state index in [4.69, 9.17) is 12.2 Å². The molecule has 2 aliphatic rings. The minimum absolute atomic E-state index is 0.578. The van der Waals surface area contributed by atoms with Crippen LogP contribution in [0.3, 0.4) is 0 Å². The zero-order valence-electron chi connectivity index (χ0n) is 13.4. The fourth-order valence-electron chi connectivity index (χ4n) is 4.40. The molecular weight excluding hydrogens is 250 g/mol. The minimum Gasteiger partial charge on any atom is -0.360 e. The lowest BCUT2D eigenvalue weighted by Crippen LogP contribution is -2.41. The van der Waals surface area contributed by atoms with Gasteiger partial charge < -0.3 is 4.90 Å². The van der Waals surface area contributed by atoms with Crippen molar-refractivity contribution in [1.82, 2.24) is 4.90 Å². The fraction of sp³-hybridized carbons (Fsp3) is 0.941. The van der Waals surface area contributed by atoms with Crippen molar-refractivity contribution in [3.8, 4) is 0 Å². The lowest BCUT2D eigenvalue weighted by molar-refractivity contribution is 0.149. The maximum Gasteiger partial charge on any atom is 0.0787 e. The molecule has 2 fully saturated rings. The monoisotopic (exact) mass is 281 g/mol. The Labute approximate surface area is 125 Å². The first-order valence-corrected chi connectivity index (χ1v) is 8.62. The van der Waals surface area contributed by atoms with Gasteiger partial charge in [-0.1, -0.05) is 33.0 Å². The molecule has 0 aromatic heterocycles. The molecule has 110 valence electrons. The van der Waals surface area contributed by atoms with Crippen molar-refractivity contribution in [1.29, 1.82) is 0 Å². The molecule has 0 aromatic carbocycles. The third-order valence-corrected chi connectivity index (χ3v) is 5.75. The number of rotatable bonds is 2. The highest BCUT2D eigenvalue weighted by atomic mass is 32.1. The van der Waals surface area contributed by atoms with Crippen molar-refractivity contribution in [2.45, 2.75) is 78.8 Å². The van der Waals surface area contributed by atoms with Crippen LogP contribution in [0.25, 0.3) is 0 Å². The summed E-state index contributed by atoms with van der Waals surface area (Å²) in [5.74, 6) is 3.45. The maximum atomic E-state index is 5.67. The largest absolute Gasteiger partial charge is 0.360 e. The smallest absolute Gasteiger partial charge is 0.0787 e. The normalized spacial score (nSPS) is 36.6. The molecule has 0 amide bonds. The first kappa shape index (κ1) is 15.3. The molecule has 1 aliphatic heterocycles. The van der Waals surface area contributed by atoms with Crippen LogP contribution in [0.15, 0.2) is 0 Å². The van der Waals surface area contributed by atoms with Gasteiger partial charge in [-0.25, -0.2) is 0 Å². The predicted octanol–water partition coefficient (Wildman–Crippen LogP) is 4.90. The van der Waals surface area contributed by atoms with Gasteiger partial charge in [0.25, 0.3) is 0 Å². The highest BCUT2D eigenvalue weighted by Gasteiger charge is 2.40. The molecular formula is C17H31NS. The van der Waals surface area contributed by atoms with Crippen LogP contribution in [-0.4, -0.2) is 22.0 Å². The summed E-state index contributed by atoms with van der Waals surface area (Å²) >= 11 is 5.67. The summed E-state index contributed by atoms with van der Waals surface area (Å²) in [7, 11) is 0. The zero-order chi connectivity index (χ0) is 14.2. The number of hydrogen-bond acceptors (Lipinski definition) is 1. The van der Waals surface area contributed by atoms with E-state index in [0.717, 1.165) is 29.7 Å². The average Bonchev–Trinajstić information content (AvgIpc) is 2.57. The van der Waals surface area contributed by atoms with Crippen molar-refractivity contribution in [2.75, 3.05) is 0 Å². The second-order valence-electron chi connectivity index (χ2n) is 7.58. The van der Waals surface area contributed by atoms with Crippen LogP contribution in [0.5, 0.6) is 0 Å². The Balaban J connectivity index is 2.13. The molecule has 4 unspecified atom stereocenters. The molecule has 2 heteroatoms. The topological polar surface area (TPSA) is 3.24 Å². The molecule has 0 bridgehead atoms. The Hall–Kier alpha value is -0.110. The fourth-order valence-corrected chi connectivity index (χ4v) is 4.96. The molecule has 0 N–H and O–H groups in total. The van der Waals surface area contributed by atoms with Gasteiger partial charge in [0, 0.05) is 18.5 Å². The van der Waals surface area contributed by atoms with Gasteiger partial charge in [0.1, 0.15) is 0 Å². The predicted molar refractivity (Wildman–Crippen MR) is 87.4 cm³/mol. The van der Waals surface area contributed by atoms with Crippen LogP contribution in [0.2, 0.25) is 0 Å². The summed E-state index contributed by atoms with van der Waals surface area (Å²) in [6, 6.07) is 1.31. The van der Waals surface area contributed by atoms with Gasteiger partial charge in [-0.3, -0.25) is 0 Å². The quantitative estimate of drug-likeness (QED) is 0.663. The zero-order valence-corrected chi connectivity index (χ0v) is 14.2. The summed E-state index contributed by atoms with van der Waals surface area (Å²) in [5, 5.41) is 0. The number of hydrogen-bond donors (Lipinski definition) is 0. The molecule has 1 heterocycles. The van der Waals surface area contributed by atoms with Gasteiger partial charge in [-0.15, -0.1) is 0 Å². The third kappa shape index (κ3) is 3.32. The van der Waals surface area contributed by atoms with Gasteiger partial charge in [-0.05, 0) is 63.2 Å². The summed E-state index contributed by atoms with van der Waals surface area (Å²) in [6.07, 6.45) is 6.75. The first-order valence-electron chi connectivity index (χ1n) is 8.21. The van der Waals surface area contributed by atoms with Gasteiger partial charge >= 0.3 is 0 Å². The number of thiocarbonyl (C=S) groups is 1. The lowest BCUT2D eigenvalue weighted by atomic mass is 9.75. The molecule has 19 heavy (non-hydrogen) atoms. The Morgan fingerprint density at radius 3 is 2.37 bits per heavy atom.